The third-order valence-electron chi connectivity index (χ3n) is 23.0. The van der Waals surface area contributed by atoms with Gasteiger partial charge in [-0.3, -0.25) is 76.7 Å². The van der Waals surface area contributed by atoms with E-state index in [-0.39, 0.29) is 68.8 Å². The number of H-pyrrole nitrogens is 1. The fraction of sp³-hybridized carbons (Fsp3) is 0.402. The summed E-state index contributed by atoms with van der Waals surface area (Å²) in [6.07, 6.45) is 0.0286. The first kappa shape index (κ1) is 103. The van der Waals surface area contributed by atoms with E-state index in [0.29, 0.717) is 57.1 Å². The van der Waals surface area contributed by atoms with E-state index in [2.05, 4.69) is 52.8 Å². The maximum Gasteiger partial charge on any atom is 0.305 e. The zero-order chi connectivity index (χ0) is 96.9. The summed E-state index contributed by atoms with van der Waals surface area (Å²) in [6, 6.07) is 31.5. The van der Waals surface area contributed by atoms with Gasteiger partial charge in [-0.15, -0.1) is 11.8 Å². The molecule has 0 radical (unpaired) electrons. The highest BCUT2D eigenvalue weighted by molar-refractivity contribution is 8.00. The smallest absolute Gasteiger partial charge is 0.305 e. The monoisotopic (exact) mass is 1840 g/mol. The first-order valence-corrected chi connectivity index (χ1v) is 45.2. The van der Waals surface area contributed by atoms with Gasteiger partial charge in [0.05, 0.1) is 31.8 Å². The van der Waals surface area contributed by atoms with Crippen LogP contribution in [0.15, 0.2) is 182 Å². The van der Waals surface area contributed by atoms with Crippen molar-refractivity contribution in [2.24, 2.45) is 17.6 Å². The van der Waals surface area contributed by atoms with Gasteiger partial charge in [-0.25, -0.2) is 0 Å². The molecule has 15 amide bonds. The SMILES string of the molecule is CCCC[C@H]1C(=O)N(C)CC(=O)N[C@@H](CC(=O)O)C(=O)N[C@@H](C(C)C)C(=O)N(C)[C@@H](Cc2ccccc2)C(=O)N[C@@H](Cc2ccc(O)cc2)C(=O)N(C)CC(=O)N[C@@H](Cc2c[nH]c3ccccc23)C(=O)N[C@@H](Cc2ccc(O)cc2)C(=O)N[C@@H](CC(C)C)C(=O)N[C@H](C(=O)NCC(N)=O)CSCC(=O)N[C@@H](Cc2ccc3ccccc3c2)C(=O)N(C)[C@@H](Cc2ccccc2)C(=O)N1C. The number of nitrogens with one attached hydrogen (secondary N) is 10. The zero-order valence-corrected chi connectivity index (χ0v) is 77.1. The predicted octanol–water partition coefficient (Wildman–Crippen LogP) is 3.48. The average molecular weight is 1850 g/mol. The van der Waals surface area contributed by atoms with Crippen LogP contribution in [0, 0.1) is 11.8 Å². The lowest BCUT2D eigenvalue weighted by Gasteiger charge is -2.37. The highest BCUT2D eigenvalue weighted by Gasteiger charge is 2.42. The van der Waals surface area contributed by atoms with E-state index in [9.17, 15) is 48.9 Å². The lowest BCUT2D eigenvalue weighted by molar-refractivity contribution is -0.151. The molecule has 11 atom stereocenters. The van der Waals surface area contributed by atoms with Crippen molar-refractivity contribution in [2.45, 2.75) is 172 Å². The molecule has 1 saturated heterocycles. The Morgan fingerprint density at radius 2 is 0.932 bits per heavy atom. The van der Waals surface area contributed by atoms with E-state index in [1.54, 1.807) is 125 Å². The van der Waals surface area contributed by atoms with Crippen molar-refractivity contribution in [3.63, 3.8) is 0 Å². The number of aromatic hydroxyl groups is 2. The van der Waals surface area contributed by atoms with Crippen LogP contribution in [0.2, 0.25) is 0 Å². The number of phenolic OH excluding ortho intramolecular Hbond substituents is 2. The second-order valence-electron chi connectivity index (χ2n) is 34.3. The van der Waals surface area contributed by atoms with Crippen molar-refractivity contribution in [1.82, 2.24) is 77.3 Å². The number of para-hydroxylation sites is 1. The number of aliphatic carboxylic acids is 1. The van der Waals surface area contributed by atoms with Gasteiger partial charge in [-0.1, -0.05) is 193 Å². The molecule has 7 aromatic carbocycles. The minimum atomic E-state index is -1.91. The van der Waals surface area contributed by atoms with E-state index < -0.39 is 205 Å². The van der Waals surface area contributed by atoms with E-state index in [1.807, 2.05) is 43.3 Å². The Kier molecular flexibility index (Phi) is 37.9. The number of amides is 15. The Hall–Kier alpha value is -14.2. The van der Waals surface area contributed by atoms with Crippen LogP contribution in [0.25, 0.3) is 21.7 Å². The van der Waals surface area contributed by atoms with Crippen LogP contribution in [-0.2, 0) is 115 Å². The normalized spacial score (nSPS) is 21.6. The number of likely N-dealkylation sites (N-methyl/N-ethyl adjacent to an activating group) is 5. The summed E-state index contributed by atoms with van der Waals surface area (Å²) in [5, 5.41) is 57.4. The predicted molar refractivity (Wildman–Crippen MR) is 500 cm³/mol. The number of hydrogen-bond acceptors (Lipinski definition) is 19. The lowest BCUT2D eigenvalue weighted by Crippen LogP contribution is -2.61. The van der Waals surface area contributed by atoms with Crippen molar-refractivity contribution in [1.29, 1.82) is 0 Å². The number of aromatic amines is 1. The van der Waals surface area contributed by atoms with E-state index in [1.165, 1.54) is 93.6 Å². The molecule has 1 fully saturated rings. The standard InChI is InChI=1S/C97H120N16O19S/c1-11-12-31-78-95(130)110(7)54-83(118)102-74(50-85(120)121)91(126)108-86(58(4)5)97(132)112(9)79(47-59-23-15-13-16-24-59)92(127)106-75(45-62-35-40-68(115)41-36-62)93(128)109(6)53-82(117)101-73(49-66-51-99-70-30-22-21-29-69(66)70)90(125)105-72(44-61-33-38-67(114)39-34-61)89(124)104-71(42-57(2)3)88(123)107-77(87(122)100-52-81(98)116)55-133-56-84(119)103-76(46-63-32-37-64-27-19-20-28-65(64)43-63)94(129)113(10)80(96(131)111(78)8)48-60-25-17-14-18-26-60/h13-30,32-41,43,51,57-58,71-80,86,99,114-115H,11-12,31,42,44-50,52-56H2,1-10H3,(H2,98,116)(H,100,122)(H,101,117)(H,102,118)(H,103,119)(H,104,124)(H,105,125)(H,106,127)(H,107,123)(H,108,126)(H,120,121)/t71-,72-,73-,74-,75-,76-,77-,78-,79-,80-,86-/m0/s1. The molecule has 2 heterocycles. The maximum absolute atomic E-state index is 15.7. The molecule has 1 aliphatic heterocycles. The van der Waals surface area contributed by atoms with Gasteiger partial charge in [0.15, 0.2) is 0 Å². The quantitative estimate of drug-likeness (QED) is 0.0436. The number of phenols is 2. The molecule has 708 valence electrons. The van der Waals surface area contributed by atoms with Gasteiger partial charge < -0.3 is 98.4 Å². The van der Waals surface area contributed by atoms with Crippen molar-refractivity contribution in [3.05, 3.63) is 216 Å². The number of aromatic nitrogens is 1. The van der Waals surface area contributed by atoms with Gasteiger partial charge in [0.1, 0.15) is 78.0 Å². The number of nitrogens with zero attached hydrogens (tertiary/aromatic N) is 5. The van der Waals surface area contributed by atoms with Gasteiger partial charge in [0.25, 0.3) is 0 Å². The largest absolute Gasteiger partial charge is 0.508 e. The number of carboxylic acids is 1. The molecule has 0 saturated carbocycles. The molecule has 0 aliphatic carbocycles. The minimum absolute atomic E-state index is 0.0239. The Morgan fingerprint density at radius 1 is 0.459 bits per heavy atom. The minimum Gasteiger partial charge on any atom is -0.508 e. The number of carboxylic acid groups (broad SMARTS) is 1. The number of carbonyl (C=O) groups excluding carboxylic acids is 15. The Morgan fingerprint density at radius 3 is 1.52 bits per heavy atom. The Bertz CT molecular complexity index is 5450. The van der Waals surface area contributed by atoms with Crippen LogP contribution in [0.3, 0.4) is 0 Å². The fourth-order valence-corrected chi connectivity index (χ4v) is 16.6. The molecular formula is C97H120N16O19S. The second kappa shape index (κ2) is 49.2. The maximum atomic E-state index is 15.7. The summed E-state index contributed by atoms with van der Waals surface area (Å²) in [6.45, 7) is 6.17. The third kappa shape index (κ3) is 30.2. The van der Waals surface area contributed by atoms with E-state index in [4.69, 9.17) is 5.73 Å². The molecule has 0 unspecified atom stereocenters. The molecule has 0 spiro atoms. The number of thioether (sulfide) groups is 1. The van der Waals surface area contributed by atoms with Gasteiger partial charge in [0.2, 0.25) is 88.6 Å². The topological polar surface area (TPSA) is 500 Å². The Labute approximate surface area is 776 Å². The molecule has 133 heavy (non-hydrogen) atoms. The van der Waals surface area contributed by atoms with Crippen molar-refractivity contribution >= 4 is 128 Å². The summed E-state index contributed by atoms with van der Waals surface area (Å²) in [5.74, 6) is -17.5. The molecule has 1 aliphatic rings. The van der Waals surface area contributed by atoms with Crippen LogP contribution in [-0.4, -0.2) is 272 Å². The van der Waals surface area contributed by atoms with Crippen molar-refractivity contribution in [3.8, 4) is 11.5 Å². The van der Waals surface area contributed by atoms with Crippen molar-refractivity contribution < 1.29 is 92.0 Å². The number of carbonyl (C=O) groups is 16. The van der Waals surface area contributed by atoms with Crippen LogP contribution < -0.4 is 53.6 Å². The van der Waals surface area contributed by atoms with Gasteiger partial charge in [0, 0.05) is 96.6 Å². The van der Waals surface area contributed by atoms with Gasteiger partial charge >= 0.3 is 5.97 Å². The average Bonchev–Trinajstić information content (AvgIpc) is 1.65. The third-order valence-corrected chi connectivity index (χ3v) is 24.1. The van der Waals surface area contributed by atoms with Crippen LogP contribution >= 0.6 is 11.8 Å². The second-order valence-corrected chi connectivity index (χ2v) is 35.3. The molecule has 8 aromatic rings. The zero-order valence-electron chi connectivity index (χ0n) is 76.2. The highest BCUT2D eigenvalue weighted by Crippen LogP contribution is 2.26. The van der Waals surface area contributed by atoms with Crippen LogP contribution in [0.5, 0.6) is 11.5 Å². The van der Waals surface area contributed by atoms with Crippen molar-refractivity contribution in [2.75, 3.05) is 66.4 Å². The fourth-order valence-electron chi connectivity index (χ4n) is 15.7. The summed E-state index contributed by atoms with van der Waals surface area (Å²) in [5.41, 5.74) is 9.13. The summed E-state index contributed by atoms with van der Waals surface area (Å²) in [7, 11) is 6.56. The van der Waals surface area contributed by atoms with E-state index in [0.717, 1.165) is 37.2 Å². The summed E-state index contributed by atoms with van der Waals surface area (Å²) < 4.78 is 0. The number of unbranched alkanes of at least 4 members (excludes halogenated alkanes) is 1. The summed E-state index contributed by atoms with van der Waals surface area (Å²) >= 11 is 0.831. The summed E-state index contributed by atoms with van der Waals surface area (Å²) in [4.78, 5) is 245. The number of nitrogens with two attached hydrogens (primary N) is 1. The van der Waals surface area contributed by atoms with Gasteiger partial charge in [-0.2, -0.15) is 0 Å². The number of benzene rings is 7. The number of primary amides is 1. The number of rotatable bonds is 23. The molecular weight excluding hydrogens is 1730 g/mol. The van der Waals surface area contributed by atoms with Crippen LogP contribution in [0.4, 0.5) is 0 Å². The molecule has 36 heteroatoms. The number of hydrogen-bond donors (Lipinski definition) is 14. The first-order valence-electron chi connectivity index (χ1n) is 44.1. The van der Waals surface area contributed by atoms with Crippen LogP contribution in [0.1, 0.15) is 100 Å². The molecule has 0 bridgehead atoms. The lowest BCUT2D eigenvalue weighted by atomic mass is 9.98. The molecule has 1 aromatic heterocycles. The number of fused-ring (bicyclic) bond motifs is 2. The molecule has 35 nitrogen and oxygen atoms in total. The first-order chi connectivity index (χ1) is 63.3. The molecule has 15 N–H and O–H groups in total. The molecule has 9 rings (SSSR count). The Balaban J connectivity index is 1.12. The van der Waals surface area contributed by atoms with E-state index >= 15 is 43.2 Å². The highest BCUT2D eigenvalue weighted by atomic mass is 32.2. The van der Waals surface area contributed by atoms with Gasteiger partial charge in [-0.05, 0) is 99.2 Å².